The molecule has 102 valence electrons. The van der Waals surface area contributed by atoms with Gasteiger partial charge in [0.15, 0.2) is 6.04 Å². The largest absolute Gasteiger partial charge is 0.480 e. The molecule has 6 nitrogen and oxygen atoms in total. The molecule has 3 N–H and O–H groups in total. The van der Waals surface area contributed by atoms with Crippen molar-refractivity contribution in [1.82, 2.24) is 10.2 Å². The molecule has 1 aliphatic carbocycles. The molecular weight excluding hydrogens is 236 g/mol. The zero-order valence-electron chi connectivity index (χ0n) is 10.3. The van der Waals surface area contributed by atoms with Gasteiger partial charge < -0.3 is 20.4 Å². The zero-order valence-corrected chi connectivity index (χ0v) is 10.3. The van der Waals surface area contributed by atoms with E-state index in [1.54, 1.807) is 4.90 Å². The van der Waals surface area contributed by atoms with Crippen LogP contribution < -0.4 is 5.32 Å². The number of fused-ring (bicyclic) bond motifs is 1. The van der Waals surface area contributed by atoms with E-state index in [4.69, 9.17) is 10.2 Å². The lowest BCUT2D eigenvalue weighted by Crippen LogP contribution is -2.55. The quantitative estimate of drug-likeness (QED) is 0.682. The van der Waals surface area contributed by atoms with Crippen LogP contribution in [0.2, 0.25) is 0 Å². The van der Waals surface area contributed by atoms with Gasteiger partial charge >= 0.3 is 12.0 Å². The SMILES string of the molecule is O=C(O)C(CO)NC(=O)N1CCCC2CCCC21. The number of nitrogens with one attached hydrogen (secondary N) is 1. The van der Waals surface area contributed by atoms with E-state index in [9.17, 15) is 9.59 Å². The van der Waals surface area contributed by atoms with Crippen LogP contribution in [0.3, 0.4) is 0 Å². The van der Waals surface area contributed by atoms with Gasteiger partial charge in [0.05, 0.1) is 6.61 Å². The van der Waals surface area contributed by atoms with E-state index in [2.05, 4.69) is 5.32 Å². The molecular formula is C12H20N2O4. The Morgan fingerprint density at radius 2 is 2.00 bits per heavy atom. The number of likely N-dealkylation sites (tertiary alicyclic amines) is 1. The first kappa shape index (κ1) is 13.1. The van der Waals surface area contributed by atoms with E-state index < -0.39 is 18.6 Å². The maximum Gasteiger partial charge on any atom is 0.328 e. The van der Waals surface area contributed by atoms with Crippen molar-refractivity contribution in [3.8, 4) is 0 Å². The van der Waals surface area contributed by atoms with Crippen LogP contribution in [0.15, 0.2) is 0 Å². The molecule has 1 aliphatic heterocycles. The van der Waals surface area contributed by atoms with Crippen molar-refractivity contribution in [3.63, 3.8) is 0 Å². The summed E-state index contributed by atoms with van der Waals surface area (Å²) in [5.74, 6) is -0.632. The first-order valence-corrected chi connectivity index (χ1v) is 6.54. The minimum Gasteiger partial charge on any atom is -0.480 e. The van der Waals surface area contributed by atoms with E-state index in [1.807, 2.05) is 0 Å². The molecule has 18 heavy (non-hydrogen) atoms. The maximum absolute atomic E-state index is 12.1. The molecule has 0 aromatic carbocycles. The van der Waals surface area contributed by atoms with Crippen molar-refractivity contribution >= 4 is 12.0 Å². The van der Waals surface area contributed by atoms with Crippen LogP contribution in [0.1, 0.15) is 32.1 Å². The third-order valence-electron chi connectivity index (χ3n) is 4.03. The van der Waals surface area contributed by atoms with Gasteiger partial charge in [-0.25, -0.2) is 9.59 Å². The Bertz CT molecular complexity index is 334. The number of carbonyl (C=O) groups is 2. The summed E-state index contributed by atoms with van der Waals surface area (Å²) in [6.45, 7) is 0.105. The molecule has 1 saturated carbocycles. The fourth-order valence-electron chi connectivity index (χ4n) is 3.12. The Balaban J connectivity index is 1.97. The predicted octanol–water partition coefficient (Wildman–Crippen LogP) is 0.406. The highest BCUT2D eigenvalue weighted by Crippen LogP contribution is 2.36. The first-order valence-electron chi connectivity index (χ1n) is 6.54. The van der Waals surface area contributed by atoms with E-state index in [1.165, 1.54) is 0 Å². The van der Waals surface area contributed by atoms with Gasteiger partial charge in [0, 0.05) is 12.6 Å². The van der Waals surface area contributed by atoms with Gasteiger partial charge in [-0.1, -0.05) is 6.42 Å². The molecule has 2 amide bonds. The van der Waals surface area contributed by atoms with E-state index in [0.717, 1.165) is 32.1 Å². The lowest BCUT2D eigenvalue weighted by atomic mass is 9.92. The smallest absolute Gasteiger partial charge is 0.328 e. The fraction of sp³-hybridized carbons (Fsp3) is 0.833. The first-order chi connectivity index (χ1) is 8.63. The summed E-state index contributed by atoms with van der Waals surface area (Å²) in [7, 11) is 0. The zero-order chi connectivity index (χ0) is 13.1. The average Bonchev–Trinajstić information content (AvgIpc) is 2.82. The molecule has 6 heteroatoms. The highest BCUT2D eigenvalue weighted by atomic mass is 16.4. The van der Waals surface area contributed by atoms with Gasteiger partial charge in [0.2, 0.25) is 0 Å². The Morgan fingerprint density at radius 3 is 2.67 bits per heavy atom. The van der Waals surface area contributed by atoms with Gasteiger partial charge in [0.1, 0.15) is 0 Å². The number of aliphatic hydroxyl groups is 1. The molecule has 3 unspecified atom stereocenters. The molecule has 2 fully saturated rings. The number of carbonyl (C=O) groups excluding carboxylic acids is 1. The lowest BCUT2D eigenvalue weighted by Gasteiger charge is -2.38. The molecule has 0 aromatic rings. The number of rotatable bonds is 3. The molecule has 2 rings (SSSR count). The highest BCUT2D eigenvalue weighted by Gasteiger charge is 2.38. The topological polar surface area (TPSA) is 89.9 Å². The molecule has 2 aliphatic rings. The van der Waals surface area contributed by atoms with Crippen LogP contribution >= 0.6 is 0 Å². The normalized spacial score (nSPS) is 28.6. The van der Waals surface area contributed by atoms with Crippen molar-refractivity contribution in [2.45, 2.75) is 44.2 Å². The lowest BCUT2D eigenvalue weighted by molar-refractivity contribution is -0.140. The molecule has 0 bridgehead atoms. The molecule has 1 saturated heterocycles. The Labute approximate surface area is 106 Å². The maximum atomic E-state index is 12.1. The summed E-state index contributed by atoms with van der Waals surface area (Å²) in [4.78, 5) is 24.6. The van der Waals surface area contributed by atoms with Crippen molar-refractivity contribution < 1.29 is 19.8 Å². The van der Waals surface area contributed by atoms with Crippen LogP contribution in [-0.2, 0) is 4.79 Å². The van der Waals surface area contributed by atoms with Crippen LogP contribution in [-0.4, -0.2) is 52.3 Å². The second-order valence-electron chi connectivity index (χ2n) is 5.12. The second kappa shape index (κ2) is 5.56. The summed E-state index contributed by atoms with van der Waals surface area (Å²) < 4.78 is 0. The van der Waals surface area contributed by atoms with Gasteiger partial charge in [-0.15, -0.1) is 0 Å². The Morgan fingerprint density at radius 1 is 1.28 bits per heavy atom. The van der Waals surface area contributed by atoms with Gasteiger partial charge in [-0.05, 0) is 31.6 Å². The second-order valence-corrected chi connectivity index (χ2v) is 5.12. The van der Waals surface area contributed by atoms with Crippen LogP contribution in [0.4, 0.5) is 4.79 Å². The summed E-state index contributed by atoms with van der Waals surface area (Å²) in [5, 5.41) is 20.1. The number of nitrogens with zero attached hydrogens (tertiary/aromatic N) is 1. The predicted molar refractivity (Wildman–Crippen MR) is 64.1 cm³/mol. The monoisotopic (exact) mass is 256 g/mol. The average molecular weight is 256 g/mol. The van der Waals surface area contributed by atoms with Crippen molar-refractivity contribution in [2.75, 3.05) is 13.2 Å². The number of amides is 2. The summed E-state index contributed by atoms with van der Waals surface area (Å²) >= 11 is 0. The summed E-state index contributed by atoms with van der Waals surface area (Å²) in [5.41, 5.74) is 0. The third-order valence-corrected chi connectivity index (χ3v) is 4.03. The van der Waals surface area contributed by atoms with Crippen LogP contribution in [0.5, 0.6) is 0 Å². The van der Waals surface area contributed by atoms with E-state index >= 15 is 0 Å². The fourth-order valence-corrected chi connectivity index (χ4v) is 3.12. The van der Waals surface area contributed by atoms with Gasteiger partial charge in [-0.2, -0.15) is 0 Å². The Hall–Kier alpha value is -1.30. The van der Waals surface area contributed by atoms with Crippen LogP contribution in [0, 0.1) is 5.92 Å². The number of carboxylic acid groups (broad SMARTS) is 1. The van der Waals surface area contributed by atoms with E-state index in [-0.39, 0.29) is 12.1 Å². The number of piperidine rings is 1. The highest BCUT2D eigenvalue weighted by molar-refractivity contribution is 5.82. The minimum absolute atomic E-state index is 0.256. The number of hydrogen-bond donors (Lipinski definition) is 3. The van der Waals surface area contributed by atoms with Crippen LogP contribution in [0.25, 0.3) is 0 Å². The molecule has 1 heterocycles. The van der Waals surface area contributed by atoms with Crippen molar-refractivity contribution in [3.05, 3.63) is 0 Å². The number of aliphatic carboxylic acids is 1. The standard InChI is InChI=1S/C12H20N2O4/c15-7-9(11(16)17)13-12(18)14-6-2-4-8-3-1-5-10(8)14/h8-10,15H,1-7H2,(H,13,18)(H,16,17). The minimum atomic E-state index is -1.21. The van der Waals surface area contributed by atoms with Crippen molar-refractivity contribution in [2.24, 2.45) is 5.92 Å². The molecule has 3 atom stereocenters. The van der Waals surface area contributed by atoms with E-state index in [0.29, 0.717) is 12.5 Å². The Kier molecular flexibility index (Phi) is 4.06. The van der Waals surface area contributed by atoms with Crippen molar-refractivity contribution in [1.29, 1.82) is 0 Å². The number of carboxylic acids is 1. The summed E-state index contributed by atoms with van der Waals surface area (Å²) in [6, 6.07) is -1.31. The number of hydrogen-bond acceptors (Lipinski definition) is 3. The number of urea groups is 1. The molecule has 0 spiro atoms. The molecule has 0 radical (unpaired) electrons. The van der Waals surface area contributed by atoms with Gasteiger partial charge in [-0.3, -0.25) is 0 Å². The third kappa shape index (κ3) is 2.58. The number of aliphatic hydroxyl groups excluding tert-OH is 1. The summed E-state index contributed by atoms with van der Waals surface area (Å²) in [6.07, 6.45) is 5.45. The molecule has 0 aromatic heterocycles. The van der Waals surface area contributed by atoms with Gasteiger partial charge in [0.25, 0.3) is 0 Å².